The van der Waals surface area contributed by atoms with Crippen LogP contribution in [0.4, 0.5) is 17.1 Å². The van der Waals surface area contributed by atoms with Crippen molar-refractivity contribution in [1.29, 1.82) is 0 Å². The van der Waals surface area contributed by atoms with Gasteiger partial charge in [0.2, 0.25) is 0 Å². The van der Waals surface area contributed by atoms with Gasteiger partial charge in [0.05, 0.1) is 16.6 Å². The van der Waals surface area contributed by atoms with Gasteiger partial charge in [-0.3, -0.25) is 0 Å². The van der Waals surface area contributed by atoms with Crippen molar-refractivity contribution in [3.05, 3.63) is 213 Å². The number of fused-ring (bicyclic) bond motifs is 5. The van der Waals surface area contributed by atoms with E-state index in [1.807, 2.05) is 12.1 Å². The first-order chi connectivity index (χ1) is 29.3. The van der Waals surface area contributed by atoms with Crippen LogP contribution in [0.3, 0.4) is 0 Å². The van der Waals surface area contributed by atoms with Crippen LogP contribution in [0, 0.1) is 0 Å². The molecule has 278 valence electrons. The van der Waals surface area contributed by atoms with Gasteiger partial charge in [-0.1, -0.05) is 54.6 Å². The minimum Gasteiger partial charge on any atom is -0.317 e. The molecule has 0 saturated heterocycles. The average molecular weight is 758 g/mol. The Labute approximate surface area is 340 Å². The first-order valence-electron chi connectivity index (χ1n) is 19.6. The second kappa shape index (κ2) is 14.4. The predicted octanol–water partition coefficient (Wildman–Crippen LogP) is 12.8. The van der Waals surface area contributed by atoms with Gasteiger partial charge in [0.25, 0.3) is 0 Å². The second-order valence-electron chi connectivity index (χ2n) is 14.4. The highest BCUT2D eigenvalue weighted by molar-refractivity contribution is 6.21. The van der Waals surface area contributed by atoms with Crippen LogP contribution in [0.25, 0.3) is 78.0 Å². The second-order valence-corrected chi connectivity index (χ2v) is 14.4. The average Bonchev–Trinajstić information content (AvgIpc) is 3.90. The molecule has 4 aromatic heterocycles. The summed E-state index contributed by atoms with van der Waals surface area (Å²) in [7, 11) is 0. The van der Waals surface area contributed by atoms with Gasteiger partial charge in [-0.05, 0) is 139 Å². The molecule has 11 aromatic rings. The Bertz CT molecular complexity index is 3130. The molecule has 0 fully saturated rings. The molecule has 0 amide bonds. The van der Waals surface area contributed by atoms with Crippen LogP contribution in [-0.2, 0) is 0 Å². The molecular formula is C52H35N7. The molecule has 0 spiro atoms. The number of para-hydroxylation sites is 2. The van der Waals surface area contributed by atoms with Gasteiger partial charge < -0.3 is 14.0 Å². The molecular weight excluding hydrogens is 723 g/mol. The maximum absolute atomic E-state index is 4.46. The molecule has 4 heterocycles. The van der Waals surface area contributed by atoms with E-state index in [0.29, 0.717) is 11.6 Å². The van der Waals surface area contributed by atoms with Crippen molar-refractivity contribution >= 4 is 49.8 Å². The largest absolute Gasteiger partial charge is 0.317 e. The lowest BCUT2D eigenvalue weighted by molar-refractivity contribution is 1.13. The number of benzene rings is 7. The number of rotatable bonds is 8. The van der Waals surface area contributed by atoms with Gasteiger partial charge in [0.15, 0.2) is 11.6 Å². The maximum atomic E-state index is 4.46. The summed E-state index contributed by atoms with van der Waals surface area (Å²) < 4.78 is 4.67. The molecule has 7 nitrogen and oxygen atoms in total. The molecule has 11 rings (SSSR count). The quantitative estimate of drug-likeness (QED) is 0.154. The zero-order valence-electron chi connectivity index (χ0n) is 31.8. The third-order valence-electron chi connectivity index (χ3n) is 11.0. The monoisotopic (exact) mass is 757 g/mol. The van der Waals surface area contributed by atoms with E-state index in [1.165, 1.54) is 32.7 Å². The van der Waals surface area contributed by atoms with Gasteiger partial charge in [0, 0.05) is 86.7 Å². The van der Waals surface area contributed by atoms with Crippen molar-refractivity contribution in [3.63, 3.8) is 0 Å². The molecule has 0 radical (unpaired) electrons. The fraction of sp³-hybridized carbons (Fsp3) is 0. The van der Waals surface area contributed by atoms with E-state index >= 15 is 0 Å². The topological polar surface area (TPSA) is 64.7 Å². The normalized spacial score (nSPS) is 11.4. The summed E-state index contributed by atoms with van der Waals surface area (Å²) in [5.74, 6) is 1.39. The summed E-state index contributed by atoms with van der Waals surface area (Å²) in [6, 6.07) is 64.1. The Morgan fingerprint density at radius 2 is 0.831 bits per heavy atom. The molecule has 0 bridgehead atoms. The molecule has 7 heteroatoms. The lowest BCUT2D eigenvalue weighted by atomic mass is 10.0. The summed E-state index contributed by atoms with van der Waals surface area (Å²) in [6.45, 7) is 0. The van der Waals surface area contributed by atoms with Crippen LogP contribution in [-0.4, -0.2) is 29.1 Å². The van der Waals surface area contributed by atoms with E-state index in [4.69, 9.17) is 0 Å². The summed E-state index contributed by atoms with van der Waals surface area (Å²) in [5, 5.41) is 3.69. The number of hydrogen-bond acceptors (Lipinski definition) is 5. The first-order valence-corrected chi connectivity index (χ1v) is 19.6. The fourth-order valence-corrected chi connectivity index (χ4v) is 8.25. The molecule has 0 aliphatic carbocycles. The molecule has 0 aliphatic rings. The third-order valence-corrected chi connectivity index (χ3v) is 11.0. The number of nitrogens with zero attached hydrogens (tertiary/aromatic N) is 7. The zero-order valence-corrected chi connectivity index (χ0v) is 31.8. The van der Waals surface area contributed by atoms with Crippen molar-refractivity contribution in [2.24, 2.45) is 0 Å². The number of aromatic nitrogens is 6. The van der Waals surface area contributed by atoms with Crippen LogP contribution in [0.5, 0.6) is 0 Å². The number of hydrogen-bond donors (Lipinski definition) is 0. The van der Waals surface area contributed by atoms with Crippen molar-refractivity contribution in [2.75, 3.05) is 4.90 Å². The molecule has 0 unspecified atom stereocenters. The maximum Gasteiger partial charge on any atom is 0.159 e. The van der Waals surface area contributed by atoms with Crippen LogP contribution < -0.4 is 4.90 Å². The van der Waals surface area contributed by atoms with E-state index in [2.05, 4.69) is 210 Å². The molecule has 0 atom stereocenters. The summed E-state index contributed by atoms with van der Waals surface area (Å²) >= 11 is 0. The van der Waals surface area contributed by atoms with E-state index < -0.39 is 0 Å². The van der Waals surface area contributed by atoms with Crippen molar-refractivity contribution < 1.29 is 0 Å². The van der Waals surface area contributed by atoms with Crippen LogP contribution in [0.2, 0.25) is 0 Å². The zero-order chi connectivity index (χ0) is 39.1. The molecule has 0 N–H and O–H groups in total. The highest BCUT2D eigenvalue weighted by Crippen LogP contribution is 2.41. The van der Waals surface area contributed by atoms with Gasteiger partial charge in [-0.25, -0.2) is 19.9 Å². The van der Waals surface area contributed by atoms with E-state index in [0.717, 1.165) is 50.7 Å². The molecule has 59 heavy (non-hydrogen) atoms. The Morgan fingerprint density at radius 1 is 0.356 bits per heavy atom. The molecule has 7 aromatic carbocycles. The fourth-order valence-electron chi connectivity index (χ4n) is 8.25. The standard InChI is InChI=1S/C52H35N7/c1-3-9-40(10-4-1)57-34-29-45-47(57)27-28-49-50(45)46-35-39(19-26-48(46)59(49)41-11-5-2-6-12-41)36-13-20-42(21-14-36)58(43-22-15-37(16-23-43)51-53-30-7-31-54-51)44-24-17-38(18-25-44)52-55-32-8-33-56-52/h1-35H. The van der Waals surface area contributed by atoms with E-state index in [-0.39, 0.29) is 0 Å². The summed E-state index contributed by atoms with van der Waals surface area (Å²) in [4.78, 5) is 20.1. The highest BCUT2D eigenvalue weighted by Gasteiger charge is 2.19. The van der Waals surface area contributed by atoms with Crippen molar-refractivity contribution in [2.45, 2.75) is 0 Å². The van der Waals surface area contributed by atoms with Crippen LogP contribution in [0.15, 0.2) is 213 Å². The molecule has 0 aliphatic heterocycles. The minimum atomic E-state index is 0.695. The van der Waals surface area contributed by atoms with Gasteiger partial charge in [0.1, 0.15) is 0 Å². The highest BCUT2D eigenvalue weighted by atomic mass is 15.1. The minimum absolute atomic E-state index is 0.695. The lowest BCUT2D eigenvalue weighted by Crippen LogP contribution is -2.10. The predicted molar refractivity (Wildman–Crippen MR) is 240 cm³/mol. The van der Waals surface area contributed by atoms with E-state index in [9.17, 15) is 0 Å². The first kappa shape index (κ1) is 34.1. The molecule has 0 saturated carbocycles. The Kier molecular flexibility index (Phi) is 8.33. The number of anilines is 3. The van der Waals surface area contributed by atoms with Gasteiger partial charge in [-0.15, -0.1) is 0 Å². The Balaban J connectivity index is 1.02. The van der Waals surface area contributed by atoms with Crippen molar-refractivity contribution in [3.8, 4) is 45.3 Å². The summed E-state index contributed by atoms with van der Waals surface area (Å²) in [6.07, 6.45) is 9.26. The van der Waals surface area contributed by atoms with Crippen LogP contribution in [0.1, 0.15) is 0 Å². The van der Waals surface area contributed by atoms with Gasteiger partial charge >= 0.3 is 0 Å². The van der Waals surface area contributed by atoms with Gasteiger partial charge in [-0.2, -0.15) is 0 Å². The SMILES string of the molecule is c1ccc(-n2ccc3c4c5cc(-c6ccc(N(c7ccc(-c8ncccn8)cc7)c7ccc(-c8ncccn8)cc7)cc6)ccc5n(-c5ccccc5)c4ccc32)cc1. The Morgan fingerprint density at radius 3 is 1.39 bits per heavy atom. The summed E-state index contributed by atoms with van der Waals surface area (Å²) in [5.41, 5.74) is 13.1. The smallest absolute Gasteiger partial charge is 0.159 e. The lowest BCUT2D eigenvalue weighted by Gasteiger charge is -2.26. The third kappa shape index (κ3) is 6.09. The van der Waals surface area contributed by atoms with Crippen molar-refractivity contribution in [1.82, 2.24) is 29.1 Å². The van der Waals surface area contributed by atoms with E-state index in [1.54, 1.807) is 24.8 Å². The Hall–Kier alpha value is -8.16. The van der Waals surface area contributed by atoms with Crippen LogP contribution >= 0.6 is 0 Å².